The standard InChI is InChI=1S/C33H35Si.C4H10N.2ClH.Zr/c1-32(2,3)23-17-19-27-28-20-18-24(33(4,5)6)22-30(28)31(29(27)21-23)34(25-13-9-7-10-14-25)26-15-11-8-12-16-26;1-4(2,3)5;;;/h7-22,31H,1-6H3;5H,1-3H3;2*1H;/q;-1;;;+1. The minimum absolute atomic E-state index is 0. The Kier molecular flexibility index (Phi) is 10.7. The predicted octanol–water partition coefficient (Wildman–Crippen LogP) is 8.92. The molecular weight excluding hydrogens is 649 g/mol. The summed E-state index contributed by atoms with van der Waals surface area (Å²) in [6.45, 7) is 21.1. The molecule has 1 nitrogen and oxygen atoms in total. The van der Waals surface area contributed by atoms with E-state index in [1.165, 1.54) is 22.3 Å². The zero-order valence-electron chi connectivity index (χ0n) is 26.6. The van der Waals surface area contributed by atoms with E-state index in [1.54, 1.807) is 21.5 Å². The van der Waals surface area contributed by atoms with Crippen LogP contribution < -0.4 is 13.6 Å². The molecule has 5 heteroatoms. The van der Waals surface area contributed by atoms with Gasteiger partial charge in [-0.1, -0.05) is 0 Å². The normalized spacial score (nSPS) is 13.5. The summed E-state index contributed by atoms with van der Waals surface area (Å²) in [7, 11) is 0. The topological polar surface area (TPSA) is 12.0 Å². The van der Waals surface area contributed by atoms with Gasteiger partial charge in [0.25, 0.3) is 0 Å². The Bertz CT molecular complexity index is 1400. The Balaban J connectivity index is 0.00000242. The summed E-state index contributed by atoms with van der Waals surface area (Å²) in [6.07, 6.45) is 0. The maximum absolute atomic E-state index is 4.22. The molecule has 42 heavy (non-hydrogen) atoms. The van der Waals surface area contributed by atoms with Crippen molar-refractivity contribution in [1.82, 2.24) is 3.26 Å². The maximum atomic E-state index is 4.22. The first kappa shape index (κ1) is 35.0. The molecule has 1 N–H and O–H groups in total. The van der Waals surface area contributed by atoms with E-state index in [9.17, 15) is 0 Å². The molecule has 4 aromatic rings. The molecule has 0 spiro atoms. The van der Waals surface area contributed by atoms with E-state index >= 15 is 0 Å². The molecule has 1 aliphatic rings. The van der Waals surface area contributed by atoms with E-state index in [4.69, 9.17) is 0 Å². The average Bonchev–Trinajstić information content (AvgIpc) is 3.22. The van der Waals surface area contributed by atoms with Crippen LogP contribution in [0.25, 0.3) is 11.1 Å². The molecule has 0 aliphatic heterocycles. The largest absolute Gasteiger partial charge is 0.147 e. The molecule has 0 fully saturated rings. The Labute approximate surface area is 279 Å². The summed E-state index contributed by atoms with van der Waals surface area (Å²) in [5.74, 6) is 0. The van der Waals surface area contributed by atoms with Crippen LogP contribution in [0.1, 0.15) is 90.1 Å². The second kappa shape index (κ2) is 12.9. The van der Waals surface area contributed by atoms with E-state index in [1.807, 2.05) is 0 Å². The Morgan fingerprint density at radius 2 is 0.929 bits per heavy atom. The van der Waals surface area contributed by atoms with Crippen molar-refractivity contribution in [2.24, 2.45) is 0 Å². The SMILES string of the molecule is CC(C)(C)[NH][Zr][Si](c1ccccc1)(c1ccccc1)C1c2cc(C(C)(C)C)ccc2-c2ccc(C(C)(C)C)cc21.Cl.Cl. The predicted molar refractivity (Wildman–Crippen MR) is 186 cm³/mol. The smallest absolute Gasteiger partial charge is 0.147 e. The third-order valence-electron chi connectivity index (χ3n) is 8.27. The summed E-state index contributed by atoms with van der Waals surface area (Å²) in [5.41, 5.74) is 9.47. The van der Waals surface area contributed by atoms with Crippen molar-refractivity contribution in [3.05, 3.63) is 119 Å². The van der Waals surface area contributed by atoms with Crippen molar-refractivity contribution in [1.29, 1.82) is 0 Å². The van der Waals surface area contributed by atoms with Crippen LogP contribution in [0.15, 0.2) is 97.1 Å². The van der Waals surface area contributed by atoms with Gasteiger partial charge < -0.3 is 0 Å². The molecule has 0 saturated carbocycles. The molecule has 5 rings (SSSR count). The number of hydrogen-bond acceptors (Lipinski definition) is 1. The van der Waals surface area contributed by atoms with Gasteiger partial charge in [0.15, 0.2) is 0 Å². The fourth-order valence-corrected chi connectivity index (χ4v) is 23.1. The van der Waals surface area contributed by atoms with Gasteiger partial charge in [-0.25, -0.2) is 0 Å². The second-order valence-electron chi connectivity index (χ2n) is 14.6. The van der Waals surface area contributed by atoms with Crippen LogP contribution in [0, 0.1) is 0 Å². The number of hydrogen-bond donors (Lipinski definition) is 1. The van der Waals surface area contributed by atoms with Crippen LogP contribution in [0.5, 0.6) is 0 Å². The van der Waals surface area contributed by atoms with Crippen molar-refractivity contribution >= 4 is 40.4 Å². The Morgan fingerprint density at radius 3 is 1.26 bits per heavy atom. The van der Waals surface area contributed by atoms with Crippen LogP contribution in [-0.4, -0.2) is 10.7 Å². The Hall–Kier alpha value is -1.48. The number of rotatable bonds is 5. The van der Waals surface area contributed by atoms with Gasteiger partial charge in [-0.15, -0.1) is 24.8 Å². The van der Waals surface area contributed by atoms with Gasteiger partial charge in [-0.3, -0.25) is 0 Å². The van der Waals surface area contributed by atoms with Gasteiger partial charge in [0.1, 0.15) is 0 Å². The molecular formula is C37H47Cl2NSiZr. The third kappa shape index (κ3) is 6.77. The van der Waals surface area contributed by atoms with Gasteiger partial charge in [0.05, 0.1) is 0 Å². The average molecular weight is 696 g/mol. The van der Waals surface area contributed by atoms with Crippen LogP contribution in [0.3, 0.4) is 0 Å². The molecule has 222 valence electrons. The summed E-state index contributed by atoms with van der Waals surface area (Å²) >= 11 is -1.19. The summed E-state index contributed by atoms with van der Waals surface area (Å²) in [6, 6.07) is 38.0. The minimum Gasteiger partial charge on any atom is -0.147 e. The number of nitrogens with one attached hydrogen (secondary N) is 1. The van der Waals surface area contributed by atoms with Crippen LogP contribution >= 0.6 is 24.8 Å². The van der Waals surface area contributed by atoms with Crippen molar-refractivity contribution in [2.45, 2.75) is 84.2 Å². The molecule has 0 heterocycles. The molecule has 4 aromatic carbocycles. The number of halogens is 2. The second-order valence-corrected chi connectivity index (χ2v) is 26.4. The monoisotopic (exact) mass is 693 g/mol. The first-order chi connectivity index (χ1) is 18.7. The molecule has 0 radical (unpaired) electrons. The van der Waals surface area contributed by atoms with E-state index in [2.05, 4.69) is 163 Å². The van der Waals surface area contributed by atoms with Gasteiger partial charge in [-0.2, -0.15) is 0 Å². The van der Waals surface area contributed by atoms with Crippen molar-refractivity contribution in [2.75, 3.05) is 0 Å². The number of fused-ring (bicyclic) bond motifs is 3. The van der Waals surface area contributed by atoms with Gasteiger partial charge in [0, 0.05) is 0 Å². The zero-order chi connectivity index (χ0) is 28.9. The van der Waals surface area contributed by atoms with Gasteiger partial charge in [-0.05, 0) is 0 Å². The molecule has 0 saturated heterocycles. The van der Waals surface area contributed by atoms with Crippen molar-refractivity contribution < 1.29 is 22.7 Å². The molecule has 0 aromatic heterocycles. The minimum atomic E-state index is -2.33. The van der Waals surface area contributed by atoms with E-state index in [-0.39, 0.29) is 41.2 Å². The summed E-state index contributed by atoms with van der Waals surface area (Å²) in [4.78, 5) is 0. The molecule has 0 bridgehead atoms. The molecule has 0 atom stereocenters. The van der Waals surface area contributed by atoms with Gasteiger partial charge >= 0.3 is 256 Å². The number of benzene rings is 4. The van der Waals surface area contributed by atoms with Gasteiger partial charge in [0.2, 0.25) is 0 Å². The molecule has 0 unspecified atom stereocenters. The molecule has 0 amide bonds. The fraction of sp³-hybridized carbons (Fsp3) is 0.351. The first-order valence-electron chi connectivity index (χ1n) is 14.7. The van der Waals surface area contributed by atoms with E-state index in [0.29, 0.717) is 5.54 Å². The van der Waals surface area contributed by atoms with Crippen molar-refractivity contribution in [3.8, 4) is 11.1 Å². The Morgan fingerprint density at radius 1 is 0.548 bits per heavy atom. The summed E-state index contributed by atoms with van der Waals surface area (Å²) in [5, 5.41) is 0.799. The summed E-state index contributed by atoms with van der Waals surface area (Å²) < 4.78 is 4.22. The fourth-order valence-electron chi connectivity index (χ4n) is 6.07. The van der Waals surface area contributed by atoms with E-state index in [0.717, 1.165) is 0 Å². The molecule has 1 aliphatic carbocycles. The quantitative estimate of drug-likeness (QED) is 0.206. The van der Waals surface area contributed by atoms with Crippen LogP contribution in [0.4, 0.5) is 0 Å². The van der Waals surface area contributed by atoms with Crippen LogP contribution in [0.2, 0.25) is 0 Å². The first-order valence-corrected chi connectivity index (χ1v) is 21.7. The van der Waals surface area contributed by atoms with Crippen LogP contribution in [-0.2, 0) is 33.5 Å². The third-order valence-corrected chi connectivity index (χ3v) is 24.8. The van der Waals surface area contributed by atoms with E-state index < -0.39 is 27.9 Å². The van der Waals surface area contributed by atoms with Crippen molar-refractivity contribution in [3.63, 3.8) is 0 Å². The zero-order valence-corrected chi connectivity index (χ0v) is 31.7. The maximum Gasteiger partial charge on any atom is -0.147 e.